The fraction of sp³-hybridized carbons (Fsp3) is 0.818. The predicted octanol–water partition coefficient (Wildman–Crippen LogP) is -0.310. The van der Waals surface area contributed by atoms with Gasteiger partial charge in [0.05, 0.1) is 12.0 Å². The normalized spacial score (nSPS) is 19.9. The molecular weight excluding hydrogens is 240 g/mol. The highest BCUT2D eigenvalue weighted by Gasteiger charge is 2.25. The predicted molar refractivity (Wildman–Crippen MR) is 63.3 cm³/mol. The van der Waals surface area contributed by atoms with Crippen molar-refractivity contribution in [3.05, 3.63) is 0 Å². The fourth-order valence-corrected chi connectivity index (χ4v) is 1.74. The Bertz CT molecular complexity index is 300. The van der Waals surface area contributed by atoms with Crippen LogP contribution in [0.25, 0.3) is 0 Å². The van der Waals surface area contributed by atoms with Gasteiger partial charge in [0.25, 0.3) is 0 Å². The summed E-state index contributed by atoms with van der Waals surface area (Å²) in [5.74, 6) is -1.10. The van der Waals surface area contributed by atoms with E-state index >= 15 is 0 Å². The molecule has 1 unspecified atom stereocenters. The maximum absolute atomic E-state index is 11.5. The number of carboxylic acids is 1. The van der Waals surface area contributed by atoms with E-state index in [1.54, 1.807) is 0 Å². The summed E-state index contributed by atoms with van der Waals surface area (Å²) in [4.78, 5) is 22.0. The lowest BCUT2D eigenvalue weighted by atomic mass is 10.0. The lowest BCUT2D eigenvalue weighted by Gasteiger charge is -2.25. The molecule has 0 spiro atoms. The molecule has 0 aromatic heterocycles. The van der Waals surface area contributed by atoms with Crippen molar-refractivity contribution in [1.82, 2.24) is 10.6 Å². The first-order valence-electron chi connectivity index (χ1n) is 5.95. The highest BCUT2D eigenvalue weighted by atomic mass is 16.5. The molecule has 18 heavy (non-hydrogen) atoms. The van der Waals surface area contributed by atoms with E-state index in [9.17, 15) is 14.7 Å². The average molecular weight is 260 g/mol. The van der Waals surface area contributed by atoms with Crippen molar-refractivity contribution < 1.29 is 24.5 Å². The molecule has 1 atom stereocenters. The average Bonchev–Trinajstić information content (AvgIpc) is 2.26. The van der Waals surface area contributed by atoms with Gasteiger partial charge in [-0.15, -0.1) is 0 Å². The first-order valence-corrected chi connectivity index (χ1v) is 5.95. The summed E-state index contributed by atoms with van der Waals surface area (Å²) in [7, 11) is 0. The Morgan fingerprint density at radius 3 is 2.56 bits per heavy atom. The third kappa shape index (κ3) is 5.83. The van der Waals surface area contributed by atoms with E-state index in [1.807, 2.05) is 0 Å². The molecule has 1 aliphatic rings. The minimum atomic E-state index is -1.45. The minimum absolute atomic E-state index is 0.0724. The molecule has 0 saturated carbocycles. The molecule has 1 aliphatic heterocycles. The molecule has 0 aromatic carbocycles. The zero-order valence-electron chi connectivity index (χ0n) is 10.4. The number of aliphatic carboxylic acids is 1. The number of carboxylic acid groups (broad SMARTS) is 1. The summed E-state index contributed by atoms with van der Waals surface area (Å²) >= 11 is 0. The van der Waals surface area contributed by atoms with Gasteiger partial charge in [-0.05, 0) is 19.8 Å². The number of amides is 2. The van der Waals surface area contributed by atoms with Crippen molar-refractivity contribution in [3.8, 4) is 0 Å². The molecular formula is C11H20N2O5. The van der Waals surface area contributed by atoms with Gasteiger partial charge in [-0.25, -0.2) is 4.79 Å². The van der Waals surface area contributed by atoms with E-state index in [2.05, 4.69) is 10.6 Å². The fourth-order valence-electron chi connectivity index (χ4n) is 1.74. The third-order valence-corrected chi connectivity index (χ3v) is 2.72. The summed E-state index contributed by atoms with van der Waals surface area (Å²) in [5.41, 5.74) is -1.45. The van der Waals surface area contributed by atoms with E-state index < -0.39 is 24.0 Å². The molecule has 2 amide bonds. The molecule has 0 aliphatic carbocycles. The van der Waals surface area contributed by atoms with Gasteiger partial charge in [0.1, 0.15) is 0 Å². The summed E-state index contributed by atoms with van der Waals surface area (Å²) in [6, 6.07) is -0.323. The third-order valence-electron chi connectivity index (χ3n) is 2.72. The summed E-state index contributed by atoms with van der Waals surface area (Å²) in [5, 5.41) is 23.5. The van der Waals surface area contributed by atoms with Crippen molar-refractivity contribution >= 4 is 12.0 Å². The first-order chi connectivity index (χ1) is 8.39. The molecule has 0 radical (unpaired) electrons. The topological polar surface area (TPSA) is 108 Å². The largest absolute Gasteiger partial charge is 0.481 e. The number of hydrogen-bond acceptors (Lipinski definition) is 4. The number of urea groups is 1. The Kier molecular flexibility index (Phi) is 5.36. The number of ether oxygens (including phenoxy) is 1. The van der Waals surface area contributed by atoms with E-state index in [4.69, 9.17) is 9.84 Å². The van der Waals surface area contributed by atoms with Crippen molar-refractivity contribution in [2.24, 2.45) is 0 Å². The van der Waals surface area contributed by atoms with Crippen LogP contribution in [0.2, 0.25) is 0 Å². The van der Waals surface area contributed by atoms with Crippen LogP contribution >= 0.6 is 0 Å². The molecule has 7 nitrogen and oxygen atoms in total. The van der Waals surface area contributed by atoms with E-state index in [1.165, 1.54) is 6.92 Å². The smallest absolute Gasteiger partial charge is 0.315 e. The van der Waals surface area contributed by atoms with E-state index in [-0.39, 0.29) is 12.6 Å². The number of carbonyl (C=O) groups excluding carboxylic acids is 1. The van der Waals surface area contributed by atoms with Crippen LogP contribution in [0.15, 0.2) is 0 Å². The second kappa shape index (κ2) is 6.55. The molecule has 0 aromatic rings. The van der Waals surface area contributed by atoms with Gasteiger partial charge in [-0.3, -0.25) is 4.79 Å². The number of rotatable bonds is 5. The minimum Gasteiger partial charge on any atom is -0.481 e. The van der Waals surface area contributed by atoms with Crippen molar-refractivity contribution in [1.29, 1.82) is 0 Å². The van der Waals surface area contributed by atoms with Gasteiger partial charge < -0.3 is 25.6 Å². The second-order valence-corrected chi connectivity index (χ2v) is 4.78. The van der Waals surface area contributed by atoms with Crippen LogP contribution in [0.5, 0.6) is 0 Å². The zero-order valence-corrected chi connectivity index (χ0v) is 10.4. The van der Waals surface area contributed by atoms with Crippen LogP contribution in [-0.4, -0.2) is 53.6 Å². The van der Waals surface area contributed by atoms with Crippen LogP contribution in [0.4, 0.5) is 4.79 Å². The molecule has 1 fully saturated rings. The maximum atomic E-state index is 11.5. The van der Waals surface area contributed by atoms with Crippen LogP contribution in [0, 0.1) is 0 Å². The number of hydrogen-bond donors (Lipinski definition) is 4. The Morgan fingerprint density at radius 1 is 1.39 bits per heavy atom. The molecule has 1 rings (SSSR count). The van der Waals surface area contributed by atoms with E-state index in [0.717, 1.165) is 12.8 Å². The van der Waals surface area contributed by atoms with Crippen molar-refractivity contribution in [2.75, 3.05) is 19.8 Å². The Labute approximate surface area is 106 Å². The lowest BCUT2D eigenvalue weighted by molar-refractivity contribution is -0.141. The summed E-state index contributed by atoms with van der Waals surface area (Å²) in [6.45, 7) is 2.52. The molecule has 1 saturated heterocycles. The molecule has 0 bridgehead atoms. The lowest BCUT2D eigenvalue weighted by Crippen LogP contribution is -2.49. The quantitative estimate of drug-likeness (QED) is 0.542. The number of nitrogens with one attached hydrogen (secondary N) is 2. The Hall–Kier alpha value is -1.34. The number of carbonyl (C=O) groups is 2. The van der Waals surface area contributed by atoms with E-state index in [0.29, 0.717) is 13.2 Å². The molecule has 104 valence electrons. The van der Waals surface area contributed by atoms with Gasteiger partial charge in [-0.2, -0.15) is 0 Å². The maximum Gasteiger partial charge on any atom is 0.315 e. The van der Waals surface area contributed by atoms with Gasteiger partial charge in [0, 0.05) is 25.8 Å². The Balaban J connectivity index is 2.25. The number of aliphatic hydroxyl groups is 1. The highest BCUT2D eigenvalue weighted by Crippen LogP contribution is 2.08. The standard InChI is InChI=1S/C11H20N2O5/c1-11(17,6-9(14)15)7-12-10(16)13-8-2-4-18-5-3-8/h8,17H,2-7H2,1H3,(H,14,15)(H2,12,13,16). The van der Waals surface area contributed by atoms with Gasteiger partial charge >= 0.3 is 12.0 Å². The van der Waals surface area contributed by atoms with Crippen LogP contribution in [0.3, 0.4) is 0 Å². The monoisotopic (exact) mass is 260 g/mol. The van der Waals surface area contributed by atoms with Crippen LogP contribution in [0.1, 0.15) is 26.2 Å². The molecule has 7 heteroatoms. The van der Waals surface area contributed by atoms with Gasteiger partial charge in [0.15, 0.2) is 0 Å². The first kappa shape index (κ1) is 14.7. The SMILES string of the molecule is CC(O)(CNC(=O)NC1CCOCC1)CC(=O)O. The van der Waals surface area contributed by atoms with Crippen LogP contribution in [-0.2, 0) is 9.53 Å². The summed E-state index contributed by atoms with van der Waals surface area (Å²) in [6.07, 6.45) is 1.11. The highest BCUT2D eigenvalue weighted by molar-refractivity contribution is 5.74. The second-order valence-electron chi connectivity index (χ2n) is 4.78. The zero-order chi connectivity index (χ0) is 13.6. The molecule has 4 N–H and O–H groups in total. The van der Waals surface area contributed by atoms with Crippen molar-refractivity contribution in [2.45, 2.75) is 37.8 Å². The Morgan fingerprint density at radius 2 is 2.00 bits per heavy atom. The van der Waals surface area contributed by atoms with Crippen molar-refractivity contribution in [3.63, 3.8) is 0 Å². The van der Waals surface area contributed by atoms with Gasteiger partial charge in [0.2, 0.25) is 0 Å². The summed E-state index contributed by atoms with van der Waals surface area (Å²) < 4.78 is 5.16. The van der Waals surface area contributed by atoms with Gasteiger partial charge in [-0.1, -0.05) is 0 Å². The molecule has 1 heterocycles. The van der Waals surface area contributed by atoms with Crippen LogP contribution < -0.4 is 10.6 Å².